The number of rotatable bonds is 3. The van der Waals surface area contributed by atoms with Gasteiger partial charge < -0.3 is 10.5 Å². The molecule has 0 aliphatic rings. The number of nitrogens with zero attached hydrogens (tertiary/aromatic N) is 1. The van der Waals surface area contributed by atoms with E-state index in [0.29, 0.717) is 23.2 Å². The molecule has 3 nitrogen and oxygen atoms in total. The molecule has 1 aromatic carbocycles. The second kappa shape index (κ2) is 5.49. The highest BCUT2D eigenvalue weighted by molar-refractivity contribution is 9.10. The maximum atomic E-state index is 6.12. The molecule has 0 aliphatic carbocycles. The van der Waals surface area contributed by atoms with Gasteiger partial charge in [-0.25, -0.2) is 4.98 Å². The van der Waals surface area contributed by atoms with E-state index in [1.54, 1.807) is 12.3 Å². The molecule has 1 aromatic heterocycles. The summed E-state index contributed by atoms with van der Waals surface area (Å²) in [7, 11) is 0. The van der Waals surface area contributed by atoms with E-state index < -0.39 is 0 Å². The van der Waals surface area contributed by atoms with Gasteiger partial charge in [-0.15, -0.1) is 0 Å². The third-order valence-corrected chi connectivity index (χ3v) is 3.07. The van der Waals surface area contributed by atoms with Crippen LogP contribution in [0.25, 0.3) is 0 Å². The largest absolute Gasteiger partial charge is 0.437 e. The summed E-state index contributed by atoms with van der Waals surface area (Å²) < 4.78 is 6.54. The molecule has 0 aliphatic heterocycles. The van der Waals surface area contributed by atoms with Crippen LogP contribution >= 0.6 is 27.5 Å². The lowest BCUT2D eigenvalue weighted by Crippen LogP contribution is -1.99. The topological polar surface area (TPSA) is 48.1 Å². The molecule has 0 radical (unpaired) electrons. The standard InChI is InChI=1S/C12H10BrClN2O/c13-9-2-1-3-10(6-9)17-12-11(14)8(7-15)4-5-16-12/h1-6H,7,15H2. The Morgan fingerprint density at radius 1 is 1.35 bits per heavy atom. The quantitative estimate of drug-likeness (QED) is 0.939. The van der Waals surface area contributed by atoms with Crippen molar-refractivity contribution in [1.29, 1.82) is 0 Å². The lowest BCUT2D eigenvalue weighted by Gasteiger charge is -2.08. The zero-order valence-electron chi connectivity index (χ0n) is 8.86. The van der Waals surface area contributed by atoms with Crippen molar-refractivity contribution < 1.29 is 4.74 Å². The smallest absolute Gasteiger partial charge is 0.238 e. The molecule has 0 unspecified atom stereocenters. The van der Waals surface area contributed by atoms with Crippen LogP contribution in [0.2, 0.25) is 5.02 Å². The predicted octanol–water partition coefficient (Wildman–Crippen LogP) is 3.75. The number of hydrogen-bond donors (Lipinski definition) is 1. The van der Waals surface area contributed by atoms with Gasteiger partial charge in [0.15, 0.2) is 0 Å². The first kappa shape index (κ1) is 12.4. The molecular weight excluding hydrogens is 304 g/mol. The summed E-state index contributed by atoms with van der Waals surface area (Å²) in [4.78, 5) is 4.09. The molecule has 2 aromatic rings. The molecule has 0 fully saturated rings. The summed E-state index contributed by atoms with van der Waals surface area (Å²) in [5, 5.41) is 0.454. The van der Waals surface area contributed by atoms with Crippen LogP contribution in [0.4, 0.5) is 0 Å². The summed E-state index contributed by atoms with van der Waals surface area (Å²) >= 11 is 9.49. The molecule has 2 N–H and O–H groups in total. The summed E-state index contributed by atoms with van der Waals surface area (Å²) in [5.41, 5.74) is 6.37. The number of hydrogen-bond acceptors (Lipinski definition) is 3. The van der Waals surface area contributed by atoms with Crippen molar-refractivity contribution in [3.05, 3.63) is 51.6 Å². The van der Waals surface area contributed by atoms with Crippen LogP contribution in [0.3, 0.4) is 0 Å². The van der Waals surface area contributed by atoms with Crippen molar-refractivity contribution in [3.8, 4) is 11.6 Å². The second-order valence-corrected chi connectivity index (χ2v) is 4.65. The van der Waals surface area contributed by atoms with E-state index in [4.69, 9.17) is 22.1 Å². The van der Waals surface area contributed by atoms with Crippen molar-refractivity contribution >= 4 is 27.5 Å². The number of halogens is 2. The van der Waals surface area contributed by atoms with Crippen LogP contribution in [0, 0.1) is 0 Å². The van der Waals surface area contributed by atoms with Gasteiger partial charge in [-0.1, -0.05) is 33.6 Å². The maximum Gasteiger partial charge on any atom is 0.238 e. The fraction of sp³-hybridized carbons (Fsp3) is 0.0833. The third kappa shape index (κ3) is 2.97. The normalized spacial score (nSPS) is 10.3. The Morgan fingerprint density at radius 2 is 2.18 bits per heavy atom. The van der Waals surface area contributed by atoms with Gasteiger partial charge in [0, 0.05) is 17.2 Å². The Hall–Kier alpha value is -1.10. The first-order valence-electron chi connectivity index (χ1n) is 4.97. The summed E-state index contributed by atoms with van der Waals surface area (Å²) in [6.45, 7) is 0.357. The highest BCUT2D eigenvalue weighted by atomic mass is 79.9. The zero-order chi connectivity index (χ0) is 12.3. The van der Waals surface area contributed by atoms with Gasteiger partial charge in [0.2, 0.25) is 5.88 Å². The van der Waals surface area contributed by atoms with Gasteiger partial charge in [-0.3, -0.25) is 0 Å². The fourth-order valence-corrected chi connectivity index (χ4v) is 1.94. The minimum absolute atomic E-state index is 0.357. The number of benzene rings is 1. The second-order valence-electron chi connectivity index (χ2n) is 3.35. The summed E-state index contributed by atoms with van der Waals surface area (Å²) in [6.07, 6.45) is 1.63. The minimum Gasteiger partial charge on any atom is -0.437 e. The van der Waals surface area contributed by atoms with Crippen LogP contribution < -0.4 is 10.5 Å². The third-order valence-electron chi connectivity index (χ3n) is 2.17. The van der Waals surface area contributed by atoms with Gasteiger partial charge in [0.25, 0.3) is 0 Å². The highest BCUT2D eigenvalue weighted by Gasteiger charge is 2.08. The van der Waals surface area contributed by atoms with Crippen LogP contribution in [0.5, 0.6) is 11.6 Å². The van der Waals surface area contributed by atoms with E-state index in [2.05, 4.69) is 20.9 Å². The van der Waals surface area contributed by atoms with E-state index >= 15 is 0 Å². The van der Waals surface area contributed by atoms with E-state index in [9.17, 15) is 0 Å². The van der Waals surface area contributed by atoms with Crippen LogP contribution in [-0.4, -0.2) is 4.98 Å². The lowest BCUT2D eigenvalue weighted by molar-refractivity contribution is 0.462. The Balaban J connectivity index is 2.30. The van der Waals surface area contributed by atoms with Gasteiger partial charge in [0.05, 0.1) is 0 Å². The number of ether oxygens (including phenoxy) is 1. The average molecular weight is 314 g/mol. The minimum atomic E-state index is 0.357. The summed E-state index contributed by atoms with van der Waals surface area (Å²) in [6, 6.07) is 9.24. The van der Waals surface area contributed by atoms with E-state index in [1.165, 1.54) is 0 Å². The molecule has 1 heterocycles. The van der Waals surface area contributed by atoms with Gasteiger partial charge in [0.1, 0.15) is 10.8 Å². The van der Waals surface area contributed by atoms with Crippen molar-refractivity contribution in [1.82, 2.24) is 4.98 Å². The van der Waals surface area contributed by atoms with Crippen molar-refractivity contribution in [3.63, 3.8) is 0 Å². The first-order chi connectivity index (χ1) is 8.20. The van der Waals surface area contributed by atoms with Crippen molar-refractivity contribution in [2.24, 2.45) is 5.73 Å². The van der Waals surface area contributed by atoms with E-state index in [0.717, 1.165) is 10.0 Å². The Bertz CT molecular complexity index is 534. The number of aromatic nitrogens is 1. The van der Waals surface area contributed by atoms with E-state index in [1.807, 2.05) is 24.3 Å². The Morgan fingerprint density at radius 3 is 2.88 bits per heavy atom. The molecule has 0 saturated heterocycles. The molecule has 0 atom stereocenters. The molecule has 0 bridgehead atoms. The molecule has 0 saturated carbocycles. The van der Waals surface area contributed by atoms with Gasteiger partial charge in [-0.05, 0) is 29.8 Å². The molecule has 0 spiro atoms. The lowest BCUT2D eigenvalue weighted by atomic mass is 10.2. The highest BCUT2D eigenvalue weighted by Crippen LogP contribution is 2.30. The van der Waals surface area contributed by atoms with Gasteiger partial charge >= 0.3 is 0 Å². The van der Waals surface area contributed by atoms with Crippen LogP contribution in [-0.2, 0) is 6.54 Å². The molecular formula is C12H10BrClN2O. The number of pyridine rings is 1. The zero-order valence-corrected chi connectivity index (χ0v) is 11.2. The molecule has 17 heavy (non-hydrogen) atoms. The molecule has 5 heteroatoms. The first-order valence-corrected chi connectivity index (χ1v) is 6.14. The molecule has 2 rings (SSSR count). The fourth-order valence-electron chi connectivity index (χ4n) is 1.33. The molecule has 0 amide bonds. The van der Waals surface area contributed by atoms with Crippen molar-refractivity contribution in [2.75, 3.05) is 0 Å². The van der Waals surface area contributed by atoms with Crippen LogP contribution in [0.15, 0.2) is 41.0 Å². The van der Waals surface area contributed by atoms with Crippen LogP contribution in [0.1, 0.15) is 5.56 Å². The monoisotopic (exact) mass is 312 g/mol. The summed E-state index contributed by atoms with van der Waals surface area (Å²) in [5.74, 6) is 1.04. The van der Waals surface area contributed by atoms with Crippen molar-refractivity contribution in [2.45, 2.75) is 6.54 Å². The predicted molar refractivity (Wildman–Crippen MR) is 71.4 cm³/mol. The Kier molecular flexibility index (Phi) is 3.99. The SMILES string of the molecule is NCc1ccnc(Oc2cccc(Br)c2)c1Cl. The van der Waals surface area contributed by atoms with E-state index in [-0.39, 0.29) is 0 Å². The van der Waals surface area contributed by atoms with Gasteiger partial charge in [-0.2, -0.15) is 0 Å². The molecule has 88 valence electrons. The average Bonchev–Trinajstić information content (AvgIpc) is 2.32. The number of nitrogens with two attached hydrogens (primary N) is 1. The maximum absolute atomic E-state index is 6.12. The Labute approximate surface area is 113 Å².